The largest absolute Gasteiger partial charge is 0.384 e. The van der Waals surface area contributed by atoms with Crippen LogP contribution in [-0.4, -0.2) is 26.1 Å². The van der Waals surface area contributed by atoms with Crippen molar-refractivity contribution in [2.75, 3.05) is 17.2 Å². The standard InChI is InChI=1S/C10H12N6/c11-8-1-2-13-10(14-8)16-6-5-15-4-3-12-9(15)7-16/h1-4H,5-7H2,(H2,11,13,14). The van der Waals surface area contributed by atoms with E-state index in [9.17, 15) is 0 Å². The zero-order valence-electron chi connectivity index (χ0n) is 8.74. The molecule has 6 nitrogen and oxygen atoms in total. The van der Waals surface area contributed by atoms with Crippen LogP contribution in [0.2, 0.25) is 0 Å². The molecule has 2 aromatic rings. The second kappa shape index (κ2) is 3.48. The second-order valence-corrected chi connectivity index (χ2v) is 3.74. The van der Waals surface area contributed by atoms with Crippen LogP contribution in [0.5, 0.6) is 0 Å². The molecule has 82 valence electrons. The molecule has 6 heteroatoms. The third kappa shape index (κ3) is 1.48. The summed E-state index contributed by atoms with van der Waals surface area (Å²) in [5.41, 5.74) is 5.64. The second-order valence-electron chi connectivity index (χ2n) is 3.74. The molecule has 0 unspecified atom stereocenters. The van der Waals surface area contributed by atoms with Gasteiger partial charge in [-0.05, 0) is 6.07 Å². The van der Waals surface area contributed by atoms with Gasteiger partial charge in [-0.1, -0.05) is 0 Å². The zero-order valence-corrected chi connectivity index (χ0v) is 8.74. The molecule has 0 atom stereocenters. The highest BCUT2D eigenvalue weighted by molar-refractivity contribution is 5.38. The Morgan fingerprint density at radius 3 is 3.00 bits per heavy atom. The fraction of sp³-hybridized carbons (Fsp3) is 0.300. The predicted molar refractivity (Wildman–Crippen MR) is 59.7 cm³/mol. The highest BCUT2D eigenvalue weighted by Crippen LogP contribution is 2.16. The molecule has 1 aliphatic rings. The smallest absolute Gasteiger partial charge is 0.227 e. The minimum atomic E-state index is 0.499. The van der Waals surface area contributed by atoms with Gasteiger partial charge in [-0.25, -0.2) is 9.97 Å². The molecule has 16 heavy (non-hydrogen) atoms. The molecule has 0 bridgehead atoms. The Kier molecular flexibility index (Phi) is 1.99. The lowest BCUT2D eigenvalue weighted by Gasteiger charge is -2.27. The minimum Gasteiger partial charge on any atom is -0.384 e. The van der Waals surface area contributed by atoms with Crippen LogP contribution in [0.1, 0.15) is 5.82 Å². The molecule has 2 N–H and O–H groups in total. The SMILES string of the molecule is Nc1ccnc(N2CCn3ccnc3C2)n1. The number of anilines is 2. The molecule has 1 aliphatic heterocycles. The maximum atomic E-state index is 5.64. The van der Waals surface area contributed by atoms with Crippen molar-refractivity contribution in [3.05, 3.63) is 30.5 Å². The topological polar surface area (TPSA) is 72.9 Å². The van der Waals surface area contributed by atoms with Crippen LogP contribution in [0.3, 0.4) is 0 Å². The molecule has 0 spiro atoms. The van der Waals surface area contributed by atoms with E-state index in [0.29, 0.717) is 11.8 Å². The first-order valence-corrected chi connectivity index (χ1v) is 5.16. The van der Waals surface area contributed by atoms with Crippen LogP contribution in [-0.2, 0) is 13.1 Å². The van der Waals surface area contributed by atoms with Gasteiger partial charge < -0.3 is 15.2 Å². The predicted octanol–water partition coefficient (Wildman–Crippen LogP) is 0.275. The summed E-state index contributed by atoms with van der Waals surface area (Å²) in [6.07, 6.45) is 5.49. The van der Waals surface area contributed by atoms with Crippen LogP contribution in [0.25, 0.3) is 0 Å². The van der Waals surface area contributed by atoms with Gasteiger partial charge in [-0.15, -0.1) is 0 Å². The van der Waals surface area contributed by atoms with E-state index in [-0.39, 0.29) is 0 Å². The van der Waals surface area contributed by atoms with Crippen molar-refractivity contribution in [3.8, 4) is 0 Å². The van der Waals surface area contributed by atoms with Gasteiger partial charge in [-0.3, -0.25) is 0 Å². The highest BCUT2D eigenvalue weighted by atomic mass is 15.3. The Morgan fingerprint density at radius 1 is 1.19 bits per heavy atom. The lowest BCUT2D eigenvalue weighted by atomic mass is 10.4. The number of aromatic nitrogens is 4. The summed E-state index contributed by atoms with van der Waals surface area (Å²) in [7, 11) is 0. The lowest BCUT2D eigenvalue weighted by Crippen LogP contribution is -2.34. The van der Waals surface area contributed by atoms with Gasteiger partial charge in [0.25, 0.3) is 0 Å². The number of hydrogen-bond donors (Lipinski definition) is 1. The number of nitrogens with two attached hydrogens (primary N) is 1. The average Bonchev–Trinajstić information content (AvgIpc) is 2.75. The van der Waals surface area contributed by atoms with Gasteiger partial charge in [0, 0.05) is 31.7 Å². The molecule has 0 amide bonds. The minimum absolute atomic E-state index is 0.499. The molecular formula is C10H12N6. The first-order chi connectivity index (χ1) is 7.83. The quantitative estimate of drug-likeness (QED) is 0.741. The Morgan fingerprint density at radius 2 is 2.12 bits per heavy atom. The van der Waals surface area contributed by atoms with Gasteiger partial charge in [0.1, 0.15) is 11.6 Å². The highest BCUT2D eigenvalue weighted by Gasteiger charge is 2.18. The summed E-state index contributed by atoms with van der Waals surface area (Å²) in [5.74, 6) is 2.21. The van der Waals surface area contributed by atoms with Gasteiger partial charge in [0.05, 0.1) is 6.54 Å². The summed E-state index contributed by atoms with van der Waals surface area (Å²) in [6.45, 7) is 2.52. The third-order valence-corrected chi connectivity index (χ3v) is 2.69. The van der Waals surface area contributed by atoms with E-state index < -0.39 is 0 Å². The number of hydrogen-bond acceptors (Lipinski definition) is 5. The van der Waals surface area contributed by atoms with Crippen molar-refractivity contribution in [2.24, 2.45) is 0 Å². The van der Waals surface area contributed by atoms with E-state index in [4.69, 9.17) is 5.73 Å². The zero-order chi connectivity index (χ0) is 11.0. The van der Waals surface area contributed by atoms with Crippen molar-refractivity contribution in [1.82, 2.24) is 19.5 Å². The van der Waals surface area contributed by atoms with Crippen LogP contribution in [0.4, 0.5) is 11.8 Å². The maximum Gasteiger partial charge on any atom is 0.227 e. The lowest BCUT2D eigenvalue weighted by molar-refractivity contribution is 0.552. The van der Waals surface area contributed by atoms with Crippen LogP contribution >= 0.6 is 0 Å². The Bertz CT molecular complexity index is 506. The summed E-state index contributed by atoms with van der Waals surface area (Å²) in [5, 5.41) is 0. The number of rotatable bonds is 1. The van der Waals surface area contributed by atoms with Crippen molar-refractivity contribution in [2.45, 2.75) is 13.1 Å². The molecule has 2 aromatic heterocycles. The van der Waals surface area contributed by atoms with Crippen LogP contribution in [0, 0.1) is 0 Å². The number of nitrogens with zero attached hydrogens (tertiary/aromatic N) is 5. The van der Waals surface area contributed by atoms with Gasteiger partial charge in [0.15, 0.2) is 0 Å². The van der Waals surface area contributed by atoms with Crippen LogP contribution < -0.4 is 10.6 Å². The number of imidazole rings is 1. The summed E-state index contributed by atoms with van der Waals surface area (Å²) < 4.78 is 2.14. The fourth-order valence-electron chi connectivity index (χ4n) is 1.86. The normalized spacial score (nSPS) is 14.9. The molecule has 0 saturated heterocycles. The monoisotopic (exact) mass is 216 g/mol. The maximum absolute atomic E-state index is 5.64. The molecule has 3 heterocycles. The summed E-state index contributed by atoms with van der Waals surface area (Å²) in [4.78, 5) is 14.8. The first kappa shape index (κ1) is 9.14. The van der Waals surface area contributed by atoms with Gasteiger partial charge >= 0.3 is 0 Å². The van der Waals surface area contributed by atoms with Gasteiger partial charge in [-0.2, -0.15) is 4.98 Å². The van der Waals surface area contributed by atoms with E-state index in [1.165, 1.54) is 0 Å². The summed E-state index contributed by atoms with van der Waals surface area (Å²) in [6, 6.07) is 1.69. The first-order valence-electron chi connectivity index (χ1n) is 5.16. The average molecular weight is 216 g/mol. The molecule has 0 aromatic carbocycles. The van der Waals surface area contributed by atoms with E-state index in [1.54, 1.807) is 12.3 Å². The Labute approximate surface area is 92.8 Å². The van der Waals surface area contributed by atoms with Crippen molar-refractivity contribution in [1.29, 1.82) is 0 Å². The van der Waals surface area contributed by atoms with E-state index in [2.05, 4.69) is 24.4 Å². The molecule has 0 saturated carbocycles. The third-order valence-electron chi connectivity index (χ3n) is 2.69. The Balaban J connectivity index is 1.88. The van der Waals surface area contributed by atoms with Crippen molar-refractivity contribution in [3.63, 3.8) is 0 Å². The van der Waals surface area contributed by atoms with Crippen molar-refractivity contribution < 1.29 is 0 Å². The molecule has 0 fully saturated rings. The number of nitrogen functional groups attached to an aromatic ring is 1. The molecule has 0 radical (unpaired) electrons. The van der Waals surface area contributed by atoms with Crippen molar-refractivity contribution >= 4 is 11.8 Å². The van der Waals surface area contributed by atoms with E-state index in [0.717, 1.165) is 25.5 Å². The van der Waals surface area contributed by atoms with E-state index >= 15 is 0 Å². The molecular weight excluding hydrogens is 204 g/mol. The molecule has 0 aliphatic carbocycles. The summed E-state index contributed by atoms with van der Waals surface area (Å²) >= 11 is 0. The fourth-order valence-corrected chi connectivity index (χ4v) is 1.86. The Hall–Kier alpha value is -2.11. The number of fused-ring (bicyclic) bond motifs is 1. The van der Waals surface area contributed by atoms with E-state index in [1.807, 2.05) is 12.4 Å². The van der Waals surface area contributed by atoms with Crippen LogP contribution in [0.15, 0.2) is 24.7 Å². The molecule has 3 rings (SSSR count). The van der Waals surface area contributed by atoms with Gasteiger partial charge in [0.2, 0.25) is 5.95 Å².